The van der Waals surface area contributed by atoms with Gasteiger partial charge in [-0.05, 0) is 0 Å². The Morgan fingerprint density at radius 3 is 2.48 bits per heavy atom. The molecule has 112 valence electrons. The van der Waals surface area contributed by atoms with Gasteiger partial charge in [-0.3, -0.25) is 10.0 Å². The maximum absolute atomic E-state index is 11.6. The van der Waals surface area contributed by atoms with Gasteiger partial charge in [0.1, 0.15) is 6.61 Å². The van der Waals surface area contributed by atoms with E-state index in [1.54, 1.807) is 0 Å². The first-order valence-electron chi connectivity index (χ1n) is 5.94. The largest absolute Gasteiger partial charge is 0.466 e. The minimum Gasteiger partial charge on any atom is -0.466 e. The van der Waals surface area contributed by atoms with Gasteiger partial charge in [0.2, 0.25) is 12.4 Å². The average Bonchev–Trinajstić information content (AvgIpc) is 2.49. The Bertz CT molecular complexity index is 538. The van der Waals surface area contributed by atoms with Crippen molar-refractivity contribution in [1.82, 2.24) is 5.32 Å². The fourth-order valence-corrected chi connectivity index (χ4v) is 1.24. The minimum atomic E-state index is -0.712. The van der Waals surface area contributed by atoms with Crippen LogP contribution in [0.15, 0.2) is 36.7 Å². The normalized spacial score (nSPS) is 10.1. The highest BCUT2D eigenvalue weighted by Crippen LogP contribution is 1.94. The van der Waals surface area contributed by atoms with Crippen molar-refractivity contribution in [2.75, 3.05) is 20.3 Å². The summed E-state index contributed by atoms with van der Waals surface area (Å²) in [7, 11) is 1.19. The Kier molecular flexibility index (Phi) is 6.39. The second-order valence-electron chi connectivity index (χ2n) is 3.75. The van der Waals surface area contributed by atoms with Crippen molar-refractivity contribution >= 4 is 17.8 Å². The first-order valence-corrected chi connectivity index (χ1v) is 5.94. The third-order valence-corrected chi connectivity index (χ3v) is 2.26. The smallest absolute Gasteiger partial charge is 0.331 e. The fraction of sp³-hybridized carbons (Fsp3) is 0.231. The molecule has 1 heterocycles. The zero-order valence-electron chi connectivity index (χ0n) is 11.3. The van der Waals surface area contributed by atoms with Crippen molar-refractivity contribution in [2.24, 2.45) is 0 Å². The van der Waals surface area contributed by atoms with Gasteiger partial charge in [-0.15, -0.1) is 0 Å². The number of rotatable bonds is 6. The molecule has 1 amide bonds. The van der Waals surface area contributed by atoms with Crippen LogP contribution in [0.4, 0.5) is 0 Å². The average molecular weight is 295 g/mol. The standard InChI is InChI=1S/C13H14N2O6/c1-20-11(16)2-3-12(17)21-9-6-14-13(18)10-4-7-15(19)8-5-10/h2-5,7-8H,6,9H2,1H3,(H-,14,18,19)/p+1/b3-2+. The number of nitrogens with zero attached hydrogens (tertiary/aromatic N) is 1. The van der Waals surface area contributed by atoms with Gasteiger partial charge in [0.05, 0.1) is 19.2 Å². The van der Waals surface area contributed by atoms with Crippen LogP contribution in [-0.2, 0) is 19.1 Å². The van der Waals surface area contributed by atoms with Gasteiger partial charge in [-0.25, -0.2) is 9.59 Å². The number of amides is 1. The predicted molar refractivity (Wildman–Crippen MR) is 68.3 cm³/mol. The molecule has 2 N–H and O–H groups in total. The quantitative estimate of drug-likeness (QED) is 0.234. The molecule has 0 fully saturated rings. The molecule has 0 saturated carbocycles. The maximum atomic E-state index is 11.6. The van der Waals surface area contributed by atoms with E-state index < -0.39 is 11.9 Å². The minimum absolute atomic E-state index is 0.0388. The molecular formula is C13H15N2O6+. The second-order valence-corrected chi connectivity index (χ2v) is 3.75. The van der Waals surface area contributed by atoms with Crippen LogP contribution < -0.4 is 10.0 Å². The molecule has 0 spiro atoms. The summed E-state index contributed by atoms with van der Waals surface area (Å²) in [4.78, 5) is 33.5. The highest BCUT2D eigenvalue weighted by molar-refractivity contribution is 5.94. The van der Waals surface area contributed by atoms with Gasteiger partial charge in [-0.2, -0.15) is 0 Å². The molecule has 0 bridgehead atoms. The summed E-state index contributed by atoms with van der Waals surface area (Å²) < 4.78 is 9.87. The molecule has 0 aliphatic heterocycles. The van der Waals surface area contributed by atoms with E-state index in [9.17, 15) is 14.4 Å². The van der Waals surface area contributed by atoms with Gasteiger partial charge < -0.3 is 14.8 Å². The molecule has 0 unspecified atom stereocenters. The monoisotopic (exact) mass is 295 g/mol. The number of carbonyl (C=O) groups excluding carboxylic acids is 3. The fourth-order valence-electron chi connectivity index (χ4n) is 1.24. The van der Waals surface area contributed by atoms with E-state index in [2.05, 4.69) is 10.1 Å². The molecule has 1 rings (SSSR count). The van der Waals surface area contributed by atoms with Crippen LogP contribution in [0.1, 0.15) is 10.4 Å². The zero-order chi connectivity index (χ0) is 15.7. The summed E-state index contributed by atoms with van der Waals surface area (Å²) in [6.45, 7) is 0.0770. The van der Waals surface area contributed by atoms with Crippen molar-refractivity contribution in [1.29, 1.82) is 0 Å². The summed E-state index contributed by atoms with van der Waals surface area (Å²) in [5.41, 5.74) is 0.359. The number of carbonyl (C=O) groups is 3. The highest BCUT2D eigenvalue weighted by Gasteiger charge is 2.07. The number of pyridine rings is 1. The van der Waals surface area contributed by atoms with Gasteiger partial charge in [0.25, 0.3) is 5.91 Å². The van der Waals surface area contributed by atoms with Crippen LogP contribution in [0.2, 0.25) is 0 Å². The number of nitrogens with one attached hydrogen (secondary N) is 1. The topological polar surface area (TPSA) is 106 Å². The van der Waals surface area contributed by atoms with E-state index in [1.165, 1.54) is 31.6 Å². The number of ether oxygens (including phenoxy) is 2. The number of hydrogen-bond acceptors (Lipinski definition) is 6. The number of methoxy groups -OCH3 is 1. The predicted octanol–water partition coefficient (Wildman–Crippen LogP) is -0.786. The molecule has 0 aliphatic rings. The lowest BCUT2D eigenvalue weighted by molar-refractivity contribution is -0.904. The molecular weight excluding hydrogens is 280 g/mol. The van der Waals surface area contributed by atoms with E-state index in [0.717, 1.165) is 16.9 Å². The lowest BCUT2D eigenvalue weighted by Gasteiger charge is -2.04. The van der Waals surface area contributed by atoms with Crippen LogP contribution in [0.25, 0.3) is 0 Å². The van der Waals surface area contributed by atoms with Crippen LogP contribution >= 0.6 is 0 Å². The molecule has 21 heavy (non-hydrogen) atoms. The molecule has 1 aromatic rings. The van der Waals surface area contributed by atoms with Crippen LogP contribution in [0.3, 0.4) is 0 Å². The third kappa shape index (κ3) is 6.19. The summed E-state index contributed by atoms with van der Waals surface area (Å²) in [5, 5.41) is 11.5. The molecule has 8 nitrogen and oxygen atoms in total. The van der Waals surface area contributed by atoms with Gasteiger partial charge in [0, 0.05) is 29.0 Å². The SMILES string of the molecule is COC(=O)/C=C/C(=O)OCCNC(=O)c1cc[n+](O)cc1. The van der Waals surface area contributed by atoms with Crippen molar-refractivity contribution in [3.63, 3.8) is 0 Å². The van der Waals surface area contributed by atoms with Gasteiger partial charge in [-0.1, -0.05) is 0 Å². The van der Waals surface area contributed by atoms with Gasteiger partial charge in [0.15, 0.2) is 0 Å². The van der Waals surface area contributed by atoms with Crippen LogP contribution in [0, 0.1) is 0 Å². The molecule has 0 radical (unpaired) electrons. The molecule has 0 atom stereocenters. The lowest BCUT2D eigenvalue weighted by Crippen LogP contribution is -2.31. The number of hydrogen-bond donors (Lipinski definition) is 2. The number of esters is 2. The zero-order valence-corrected chi connectivity index (χ0v) is 11.3. The molecule has 0 saturated heterocycles. The van der Waals surface area contributed by atoms with E-state index in [0.29, 0.717) is 5.56 Å². The Hall–Kier alpha value is -2.90. The summed E-state index contributed by atoms with van der Waals surface area (Å²) in [6.07, 6.45) is 4.50. The van der Waals surface area contributed by atoms with Gasteiger partial charge >= 0.3 is 11.9 Å². The summed E-state index contributed by atoms with van der Waals surface area (Å²) in [5.74, 6) is -1.74. The first kappa shape index (κ1) is 16.2. The summed E-state index contributed by atoms with van der Waals surface area (Å²) in [6, 6.07) is 2.86. The first-order chi connectivity index (χ1) is 10.0. The molecule has 8 heteroatoms. The van der Waals surface area contributed by atoms with E-state index >= 15 is 0 Å². The summed E-state index contributed by atoms with van der Waals surface area (Å²) >= 11 is 0. The Morgan fingerprint density at radius 1 is 1.24 bits per heavy atom. The second kappa shape index (κ2) is 8.31. The van der Waals surface area contributed by atoms with Crippen molar-refractivity contribution < 1.29 is 33.8 Å². The molecule has 0 aliphatic carbocycles. The molecule has 0 aromatic carbocycles. The Morgan fingerprint density at radius 2 is 1.86 bits per heavy atom. The lowest BCUT2D eigenvalue weighted by atomic mass is 10.2. The van der Waals surface area contributed by atoms with E-state index in [4.69, 9.17) is 9.94 Å². The van der Waals surface area contributed by atoms with E-state index in [-0.39, 0.29) is 19.1 Å². The van der Waals surface area contributed by atoms with Crippen LogP contribution in [-0.4, -0.2) is 43.3 Å². The third-order valence-electron chi connectivity index (χ3n) is 2.26. The van der Waals surface area contributed by atoms with Crippen molar-refractivity contribution in [3.8, 4) is 0 Å². The Balaban J connectivity index is 2.26. The number of aromatic nitrogens is 1. The van der Waals surface area contributed by atoms with Crippen molar-refractivity contribution in [3.05, 3.63) is 42.2 Å². The van der Waals surface area contributed by atoms with Crippen LogP contribution in [0.5, 0.6) is 0 Å². The van der Waals surface area contributed by atoms with E-state index in [1.807, 2.05) is 0 Å². The highest BCUT2D eigenvalue weighted by atomic mass is 16.5. The maximum Gasteiger partial charge on any atom is 0.331 e. The Labute approximate surface area is 120 Å². The van der Waals surface area contributed by atoms with Crippen molar-refractivity contribution in [2.45, 2.75) is 0 Å². The molecule has 1 aromatic heterocycles.